The fourth-order valence-corrected chi connectivity index (χ4v) is 7.45. The van der Waals surface area contributed by atoms with Gasteiger partial charge >= 0.3 is 237 Å². The molecule has 0 bridgehead atoms. The van der Waals surface area contributed by atoms with Gasteiger partial charge < -0.3 is 0 Å². The zero-order chi connectivity index (χ0) is 26.4. The van der Waals surface area contributed by atoms with Crippen LogP contribution in [0.2, 0.25) is 5.32 Å². The van der Waals surface area contributed by atoms with Crippen LogP contribution in [-0.2, 0) is 19.5 Å². The maximum absolute atomic E-state index is 12.2. The van der Waals surface area contributed by atoms with Gasteiger partial charge in [-0.15, -0.1) is 0 Å². The average Bonchev–Trinajstić information content (AvgIpc) is 2.97. The van der Waals surface area contributed by atoms with Crippen LogP contribution in [0.3, 0.4) is 0 Å². The van der Waals surface area contributed by atoms with Gasteiger partial charge in [0.05, 0.1) is 0 Å². The van der Waals surface area contributed by atoms with Crippen LogP contribution in [-0.4, -0.2) is 37.1 Å². The van der Waals surface area contributed by atoms with Crippen LogP contribution in [0.5, 0.6) is 0 Å². The van der Waals surface area contributed by atoms with Gasteiger partial charge in [-0.2, -0.15) is 0 Å². The molecule has 38 heavy (non-hydrogen) atoms. The topological polar surface area (TPSA) is 23.5 Å². The van der Waals surface area contributed by atoms with E-state index in [2.05, 4.69) is 133 Å². The van der Waals surface area contributed by atoms with Crippen molar-refractivity contribution in [1.82, 2.24) is 4.90 Å². The Hall–Kier alpha value is -2.68. The van der Waals surface area contributed by atoms with Crippen molar-refractivity contribution in [2.75, 3.05) is 0 Å². The van der Waals surface area contributed by atoms with Gasteiger partial charge in [0.15, 0.2) is 0 Å². The fraction of sp³-hybridized carbons (Fsp3) is 0.314. The van der Waals surface area contributed by atoms with Crippen LogP contribution in [0.25, 0.3) is 0 Å². The summed E-state index contributed by atoms with van der Waals surface area (Å²) in [5, 5.41) is 13.3. The van der Waals surface area contributed by atoms with Crippen LogP contribution < -0.4 is 4.46 Å². The van der Waals surface area contributed by atoms with E-state index in [-0.39, 0.29) is 12.0 Å². The predicted octanol–water partition coefficient (Wildman–Crippen LogP) is 6.92. The molecule has 0 saturated heterocycles. The molecule has 0 aliphatic rings. The molecule has 0 heterocycles. The second-order valence-electron chi connectivity index (χ2n) is 10.2. The molecule has 0 aliphatic heterocycles. The summed E-state index contributed by atoms with van der Waals surface area (Å²) in [6.45, 7) is 3.88. The van der Waals surface area contributed by atoms with Gasteiger partial charge in [-0.05, 0) is 0 Å². The van der Waals surface area contributed by atoms with E-state index in [4.69, 9.17) is 0 Å². The van der Waals surface area contributed by atoms with Crippen LogP contribution in [0, 0.1) is 5.92 Å². The molecule has 0 spiro atoms. The number of rotatable bonds is 15. The molecule has 0 aliphatic carbocycles. The summed E-state index contributed by atoms with van der Waals surface area (Å²) in [7, 11) is 0. The zero-order valence-electron chi connectivity index (χ0n) is 22.5. The van der Waals surface area contributed by atoms with Gasteiger partial charge in [0.1, 0.15) is 0 Å². The number of hydrogen-bond acceptors (Lipinski definition) is 2. The first kappa shape index (κ1) is 28.3. The summed E-state index contributed by atoms with van der Waals surface area (Å²) >= 11 is 0.349. The molecule has 0 fully saturated rings. The molecule has 4 aromatic carbocycles. The van der Waals surface area contributed by atoms with Gasteiger partial charge in [0, 0.05) is 0 Å². The van der Waals surface area contributed by atoms with Crippen molar-refractivity contribution >= 4 is 19.4 Å². The Bertz CT molecular complexity index is 1110. The number of benzene rings is 4. The average molecular weight is 571 g/mol. The van der Waals surface area contributed by atoms with E-state index in [9.17, 15) is 5.11 Å². The first-order valence-electron chi connectivity index (χ1n) is 13.9. The van der Waals surface area contributed by atoms with Gasteiger partial charge in [-0.3, -0.25) is 0 Å². The minimum absolute atomic E-state index is 0.0197. The summed E-state index contributed by atoms with van der Waals surface area (Å²) in [4.78, 5) is 2.52. The Morgan fingerprint density at radius 3 is 1.63 bits per heavy atom. The SMILES string of the molecule is CCCC[C@@H](C[Se]c1ccccc1)[C@@H](O)[C@H](Cc1ccccc1)N(Cc1ccccc1)Cc1ccccc1. The van der Waals surface area contributed by atoms with Gasteiger partial charge in [-0.1, -0.05) is 0 Å². The Morgan fingerprint density at radius 1 is 0.658 bits per heavy atom. The normalized spacial score (nSPS) is 13.8. The molecule has 2 nitrogen and oxygen atoms in total. The molecule has 198 valence electrons. The molecular weight excluding hydrogens is 529 g/mol. The summed E-state index contributed by atoms with van der Waals surface area (Å²) in [6.07, 6.45) is 3.81. The predicted molar refractivity (Wildman–Crippen MR) is 162 cm³/mol. The summed E-state index contributed by atoms with van der Waals surface area (Å²) in [5.74, 6) is 0.276. The number of hydrogen-bond donors (Lipinski definition) is 1. The Morgan fingerprint density at radius 2 is 1.13 bits per heavy atom. The second-order valence-corrected chi connectivity index (χ2v) is 12.4. The maximum atomic E-state index is 12.2. The number of unbranched alkanes of at least 4 members (excludes halogenated alkanes) is 1. The first-order chi connectivity index (χ1) is 18.7. The third kappa shape index (κ3) is 8.96. The molecule has 0 amide bonds. The van der Waals surface area contributed by atoms with Crippen LogP contribution in [0.15, 0.2) is 121 Å². The standard InChI is InChI=1S/C35H41NOSe/c1-2-3-22-32(28-38-33-23-14-7-15-24-33)35(37)34(25-29-16-8-4-9-17-29)36(26-30-18-10-5-11-19-30)27-31-20-12-6-13-21-31/h4-21,23-24,32,34-35,37H,2-3,22,25-28H2,1H3/t32-,34-,35+/m0/s1. The van der Waals surface area contributed by atoms with Crippen molar-refractivity contribution in [2.45, 2.75) is 63.2 Å². The van der Waals surface area contributed by atoms with Crippen molar-refractivity contribution in [3.63, 3.8) is 0 Å². The molecule has 0 unspecified atom stereocenters. The van der Waals surface area contributed by atoms with Crippen LogP contribution in [0.1, 0.15) is 42.9 Å². The van der Waals surface area contributed by atoms with E-state index in [0.717, 1.165) is 44.1 Å². The van der Waals surface area contributed by atoms with Crippen LogP contribution >= 0.6 is 0 Å². The molecule has 3 atom stereocenters. The zero-order valence-corrected chi connectivity index (χ0v) is 24.2. The quantitative estimate of drug-likeness (QED) is 0.157. The Labute approximate surface area is 235 Å². The van der Waals surface area contributed by atoms with Gasteiger partial charge in [0.25, 0.3) is 0 Å². The van der Waals surface area contributed by atoms with Crippen molar-refractivity contribution in [3.05, 3.63) is 138 Å². The Kier molecular flexibility index (Phi) is 11.7. The summed E-state index contributed by atoms with van der Waals surface area (Å²) in [6, 6.07) is 43.0. The van der Waals surface area contributed by atoms with E-state index in [0.29, 0.717) is 15.0 Å². The number of aliphatic hydroxyl groups excluding tert-OH is 1. The Balaban J connectivity index is 1.65. The van der Waals surface area contributed by atoms with Crippen molar-refractivity contribution in [2.24, 2.45) is 5.92 Å². The monoisotopic (exact) mass is 571 g/mol. The summed E-state index contributed by atoms with van der Waals surface area (Å²) in [5.41, 5.74) is 3.85. The van der Waals surface area contributed by atoms with Crippen LogP contribution in [0.4, 0.5) is 0 Å². The second kappa shape index (κ2) is 15.7. The molecule has 0 radical (unpaired) electrons. The molecule has 4 rings (SSSR count). The summed E-state index contributed by atoms with van der Waals surface area (Å²) < 4.78 is 1.42. The van der Waals surface area contributed by atoms with E-state index in [1.807, 2.05) is 0 Å². The van der Waals surface area contributed by atoms with Crippen molar-refractivity contribution in [1.29, 1.82) is 0 Å². The van der Waals surface area contributed by atoms with E-state index >= 15 is 0 Å². The van der Waals surface area contributed by atoms with E-state index < -0.39 is 6.10 Å². The fourth-order valence-electron chi connectivity index (χ4n) is 5.10. The molecule has 0 saturated carbocycles. The third-order valence-corrected chi connectivity index (χ3v) is 9.74. The molecule has 1 N–H and O–H groups in total. The molecule has 4 aromatic rings. The van der Waals surface area contributed by atoms with E-state index in [1.54, 1.807) is 0 Å². The first-order valence-corrected chi connectivity index (χ1v) is 16.0. The van der Waals surface area contributed by atoms with Gasteiger partial charge in [0.2, 0.25) is 0 Å². The number of aliphatic hydroxyl groups is 1. The number of nitrogens with zero attached hydrogens (tertiary/aromatic N) is 1. The van der Waals surface area contributed by atoms with E-state index in [1.165, 1.54) is 21.2 Å². The molecular formula is C35H41NOSe. The molecule has 3 heteroatoms. The van der Waals surface area contributed by atoms with Crippen molar-refractivity contribution in [3.8, 4) is 0 Å². The third-order valence-electron chi connectivity index (χ3n) is 7.23. The van der Waals surface area contributed by atoms with Gasteiger partial charge in [-0.25, -0.2) is 0 Å². The molecule has 0 aromatic heterocycles. The minimum atomic E-state index is -0.403. The van der Waals surface area contributed by atoms with Crippen molar-refractivity contribution < 1.29 is 5.11 Å².